The van der Waals surface area contributed by atoms with Crippen molar-refractivity contribution < 1.29 is 31.1 Å². The molecular weight excluding hydrogens is 554 g/mol. The van der Waals surface area contributed by atoms with Gasteiger partial charge in [-0.1, -0.05) is 17.7 Å². The zero-order valence-corrected chi connectivity index (χ0v) is 23.2. The van der Waals surface area contributed by atoms with Crippen LogP contribution in [0.15, 0.2) is 65.6 Å². The van der Waals surface area contributed by atoms with E-state index < -0.39 is 32.0 Å². The Bertz CT molecular complexity index is 1580. The Balaban J connectivity index is 1.51. The van der Waals surface area contributed by atoms with Crippen molar-refractivity contribution >= 4 is 54.6 Å². The van der Waals surface area contributed by atoms with Gasteiger partial charge in [0.15, 0.2) is 11.5 Å². The first-order chi connectivity index (χ1) is 17.9. The summed E-state index contributed by atoms with van der Waals surface area (Å²) in [6.45, 7) is 3.86. The van der Waals surface area contributed by atoms with Crippen LogP contribution in [-0.4, -0.2) is 48.3 Å². The van der Waals surface area contributed by atoms with Gasteiger partial charge in [-0.25, -0.2) is 16.8 Å². The lowest BCUT2D eigenvalue weighted by atomic mass is 10.2. The Morgan fingerprint density at radius 3 is 2.29 bits per heavy atom. The number of nitrogens with zero attached hydrogens (tertiary/aromatic N) is 1. The zero-order chi connectivity index (χ0) is 27.7. The number of amides is 1. The summed E-state index contributed by atoms with van der Waals surface area (Å²) < 4.78 is 65.5. The van der Waals surface area contributed by atoms with Gasteiger partial charge in [0, 0.05) is 16.8 Å². The molecule has 0 fully saturated rings. The van der Waals surface area contributed by atoms with Crippen molar-refractivity contribution in [1.29, 1.82) is 0 Å². The standard InChI is InChI=1S/C25H26ClN3O7S2/c1-16-21(26)5-4-6-22(16)28-38(33,34)20-10-7-18(8-11-20)27-25(30)17(2)29(37(3,31)32)19-9-12-23-24(15-19)36-14-13-35-23/h4-12,15,17,28H,13-14H2,1-3H3,(H,27,30)/t17-/m0/s1. The summed E-state index contributed by atoms with van der Waals surface area (Å²) in [5.41, 5.74) is 1.46. The number of halogens is 1. The molecule has 0 aromatic heterocycles. The van der Waals surface area contributed by atoms with Crippen LogP contribution in [0.2, 0.25) is 5.02 Å². The van der Waals surface area contributed by atoms with Crippen LogP contribution in [0.25, 0.3) is 0 Å². The maximum atomic E-state index is 13.0. The normalized spacial score (nSPS) is 13.9. The number of fused-ring (bicyclic) bond motifs is 1. The van der Waals surface area contributed by atoms with E-state index in [1.807, 2.05) is 0 Å². The third-order valence-corrected chi connectivity index (χ3v) is 8.85. The number of rotatable bonds is 8. The molecule has 0 spiro atoms. The first-order valence-electron chi connectivity index (χ1n) is 11.4. The summed E-state index contributed by atoms with van der Waals surface area (Å²) in [4.78, 5) is 13.0. The van der Waals surface area contributed by atoms with E-state index >= 15 is 0 Å². The molecule has 1 aliphatic heterocycles. The molecule has 0 saturated carbocycles. The molecule has 0 aliphatic carbocycles. The van der Waals surface area contributed by atoms with E-state index in [1.54, 1.807) is 31.2 Å². The van der Waals surface area contributed by atoms with Crippen molar-refractivity contribution in [2.45, 2.75) is 24.8 Å². The zero-order valence-electron chi connectivity index (χ0n) is 20.8. The van der Waals surface area contributed by atoms with Crippen LogP contribution in [0.1, 0.15) is 12.5 Å². The molecule has 38 heavy (non-hydrogen) atoms. The minimum Gasteiger partial charge on any atom is -0.486 e. The van der Waals surface area contributed by atoms with Gasteiger partial charge < -0.3 is 14.8 Å². The Hall–Kier alpha value is -3.48. The highest BCUT2D eigenvalue weighted by molar-refractivity contribution is 7.92. The summed E-state index contributed by atoms with van der Waals surface area (Å²) in [5, 5.41) is 3.07. The van der Waals surface area contributed by atoms with Gasteiger partial charge in [0.25, 0.3) is 10.0 Å². The van der Waals surface area contributed by atoms with E-state index in [9.17, 15) is 21.6 Å². The van der Waals surface area contributed by atoms with Crippen molar-refractivity contribution in [2.75, 3.05) is 33.8 Å². The van der Waals surface area contributed by atoms with Crippen molar-refractivity contribution in [3.8, 4) is 11.5 Å². The van der Waals surface area contributed by atoms with Crippen LogP contribution in [-0.2, 0) is 24.8 Å². The highest BCUT2D eigenvalue weighted by Crippen LogP contribution is 2.35. The summed E-state index contributed by atoms with van der Waals surface area (Å²) in [6, 6.07) is 13.9. The second-order valence-corrected chi connectivity index (χ2v) is 12.5. The molecule has 13 heteroatoms. The summed E-state index contributed by atoms with van der Waals surface area (Å²) in [6.07, 6.45) is 1.00. The van der Waals surface area contributed by atoms with Crippen molar-refractivity contribution in [3.63, 3.8) is 0 Å². The van der Waals surface area contributed by atoms with Crippen LogP contribution in [0.4, 0.5) is 17.1 Å². The lowest BCUT2D eigenvalue weighted by molar-refractivity contribution is -0.116. The molecular formula is C25H26ClN3O7S2. The molecule has 202 valence electrons. The molecule has 0 radical (unpaired) electrons. The number of carbonyl (C=O) groups is 1. The second kappa shape index (κ2) is 10.7. The van der Waals surface area contributed by atoms with E-state index in [4.69, 9.17) is 21.1 Å². The minimum absolute atomic E-state index is 0.0306. The Labute approximate surface area is 226 Å². The fourth-order valence-electron chi connectivity index (χ4n) is 3.86. The van der Waals surface area contributed by atoms with Gasteiger partial charge >= 0.3 is 0 Å². The molecule has 0 saturated heterocycles. The molecule has 0 unspecified atom stereocenters. The minimum atomic E-state index is -3.92. The SMILES string of the molecule is Cc1c(Cl)cccc1NS(=O)(=O)c1ccc(NC(=O)[C@H](C)N(c2ccc3c(c2)OCCO3)S(C)(=O)=O)cc1. The van der Waals surface area contributed by atoms with Crippen molar-refractivity contribution in [1.82, 2.24) is 0 Å². The summed E-state index contributed by atoms with van der Waals surface area (Å²) in [5.74, 6) is 0.252. The van der Waals surface area contributed by atoms with E-state index in [-0.39, 0.29) is 16.3 Å². The van der Waals surface area contributed by atoms with Gasteiger partial charge in [-0.2, -0.15) is 0 Å². The molecule has 2 N–H and O–H groups in total. The van der Waals surface area contributed by atoms with Gasteiger partial charge in [-0.15, -0.1) is 0 Å². The van der Waals surface area contributed by atoms with Crippen LogP contribution >= 0.6 is 11.6 Å². The number of carbonyl (C=O) groups excluding carboxylic acids is 1. The van der Waals surface area contributed by atoms with Crippen LogP contribution in [0.5, 0.6) is 11.5 Å². The quantitative estimate of drug-likeness (QED) is 0.412. The van der Waals surface area contributed by atoms with Crippen LogP contribution < -0.4 is 23.8 Å². The highest BCUT2D eigenvalue weighted by atomic mass is 35.5. The van der Waals surface area contributed by atoms with Gasteiger partial charge in [-0.05, 0) is 67.9 Å². The molecule has 10 nitrogen and oxygen atoms in total. The largest absolute Gasteiger partial charge is 0.486 e. The fraction of sp³-hybridized carbons (Fsp3) is 0.240. The average molecular weight is 580 g/mol. The first kappa shape index (κ1) is 27.6. The molecule has 1 heterocycles. The van der Waals surface area contributed by atoms with Gasteiger partial charge in [-0.3, -0.25) is 13.8 Å². The Morgan fingerprint density at radius 1 is 0.974 bits per heavy atom. The fourth-order valence-corrected chi connectivity index (χ4v) is 6.33. The Kier molecular flexibility index (Phi) is 7.77. The average Bonchev–Trinajstić information content (AvgIpc) is 2.86. The third-order valence-electron chi connectivity index (χ3n) is 5.81. The van der Waals surface area contributed by atoms with Gasteiger partial charge in [0.05, 0.1) is 22.5 Å². The molecule has 3 aromatic rings. The molecule has 0 bridgehead atoms. The number of nitrogens with one attached hydrogen (secondary N) is 2. The number of benzene rings is 3. The van der Waals surface area contributed by atoms with Gasteiger partial charge in [0.2, 0.25) is 15.9 Å². The maximum absolute atomic E-state index is 13.0. The predicted molar refractivity (Wildman–Crippen MR) is 146 cm³/mol. The summed E-state index contributed by atoms with van der Waals surface area (Å²) in [7, 11) is -7.79. The van der Waals surface area contributed by atoms with E-state index in [2.05, 4.69) is 10.0 Å². The number of sulfonamides is 2. The Morgan fingerprint density at radius 2 is 1.63 bits per heavy atom. The number of anilines is 3. The molecule has 3 aromatic carbocycles. The molecule has 4 rings (SSSR count). The number of ether oxygens (including phenoxy) is 2. The topological polar surface area (TPSA) is 131 Å². The smallest absolute Gasteiger partial charge is 0.261 e. The van der Waals surface area contributed by atoms with Crippen molar-refractivity contribution in [3.05, 3.63) is 71.2 Å². The van der Waals surface area contributed by atoms with E-state index in [0.717, 1.165) is 10.6 Å². The van der Waals surface area contributed by atoms with Gasteiger partial charge in [0.1, 0.15) is 19.3 Å². The molecule has 1 aliphatic rings. The maximum Gasteiger partial charge on any atom is 0.261 e. The summed E-state index contributed by atoms with van der Waals surface area (Å²) >= 11 is 6.08. The number of hydrogen-bond acceptors (Lipinski definition) is 7. The van der Waals surface area contributed by atoms with E-state index in [1.165, 1.54) is 43.3 Å². The lowest BCUT2D eigenvalue weighted by Gasteiger charge is -2.29. The van der Waals surface area contributed by atoms with E-state index in [0.29, 0.717) is 41.0 Å². The highest BCUT2D eigenvalue weighted by Gasteiger charge is 2.30. The first-order valence-corrected chi connectivity index (χ1v) is 15.2. The van der Waals surface area contributed by atoms with Crippen LogP contribution in [0.3, 0.4) is 0 Å². The predicted octanol–water partition coefficient (Wildman–Crippen LogP) is 4.01. The lowest BCUT2D eigenvalue weighted by Crippen LogP contribution is -2.45. The third kappa shape index (κ3) is 5.98. The molecule has 1 amide bonds. The number of hydrogen-bond donors (Lipinski definition) is 2. The monoisotopic (exact) mass is 579 g/mol. The second-order valence-electron chi connectivity index (χ2n) is 8.59. The van der Waals surface area contributed by atoms with Crippen LogP contribution in [0, 0.1) is 6.92 Å². The van der Waals surface area contributed by atoms with Crippen molar-refractivity contribution in [2.24, 2.45) is 0 Å². The molecule has 1 atom stereocenters.